The van der Waals surface area contributed by atoms with Gasteiger partial charge in [-0.3, -0.25) is 0 Å². The summed E-state index contributed by atoms with van der Waals surface area (Å²) in [6.45, 7) is 0. The van der Waals surface area contributed by atoms with E-state index in [-0.39, 0.29) is 155 Å². The Kier molecular flexibility index (Phi) is 149. The maximum Gasteiger partial charge on any atom is 1.00 e. The molecule has 5 heteroatoms. The summed E-state index contributed by atoms with van der Waals surface area (Å²) in [6, 6.07) is 0. The molecule has 0 bridgehead atoms. The molecule has 0 saturated carbocycles. The summed E-state index contributed by atoms with van der Waals surface area (Å²) in [7, 11) is 0. The molecular weight excluding hydrogens is 115 g/mol. The van der Waals surface area contributed by atoms with Crippen molar-refractivity contribution in [3.8, 4) is 0 Å². The van der Waals surface area contributed by atoms with E-state index in [2.05, 4.69) is 0 Å². The minimum Gasteiger partial charge on any atom is -1.00 e. The Balaban J connectivity index is 0. The van der Waals surface area contributed by atoms with Crippen molar-refractivity contribution in [2.75, 3.05) is 0 Å². The second kappa shape index (κ2) is 23.0. The van der Waals surface area contributed by atoms with Gasteiger partial charge in [-0.25, -0.2) is 0 Å². The predicted octanol–water partition coefficient (Wildman–Crippen LogP) is -14.4. The Morgan fingerprint density at radius 1 is 0.400 bits per heavy atom. The van der Waals surface area contributed by atoms with Crippen LogP contribution in [-0.2, 0) is 0 Å². The topological polar surface area (TPSA) is 0 Å². The summed E-state index contributed by atoms with van der Waals surface area (Å²) in [5.41, 5.74) is 0. The molecule has 0 fully saturated rings. The van der Waals surface area contributed by atoms with Crippen molar-refractivity contribution in [1.82, 2.24) is 0 Å². The van der Waals surface area contributed by atoms with E-state index in [4.69, 9.17) is 0 Å². The summed E-state index contributed by atoms with van der Waals surface area (Å²) in [6.07, 6.45) is 0. The largest absolute Gasteiger partial charge is 1.00 e. The van der Waals surface area contributed by atoms with E-state index in [1.54, 1.807) is 0 Å². The number of hydrogen-bond donors (Lipinski definition) is 0. The first-order valence-corrected chi connectivity index (χ1v) is 0. The van der Waals surface area contributed by atoms with E-state index in [0.29, 0.717) is 0 Å². The van der Waals surface area contributed by atoms with Gasteiger partial charge < -0.3 is 7.13 Å². The van der Waals surface area contributed by atoms with Crippen LogP contribution in [0.15, 0.2) is 0 Å². The Hall–Kier alpha value is 5.00. The summed E-state index contributed by atoms with van der Waals surface area (Å²) >= 11 is 0. The maximum atomic E-state index is 0. The molecule has 0 unspecified atom stereocenters. The monoisotopic (exact) mass is 120 g/mol. The number of rotatable bonds is 0. The van der Waals surface area contributed by atoms with Gasteiger partial charge in [-0.05, 0) is 0 Å². The Labute approximate surface area is 151 Å². The molecule has 0 aromatic rings. The van der Waals surface area contributed by atoms with Gasteiger partial charge in [-0.2, -0.15) is 0 Å². The van der Waals surface area contributed by atoms with Crippen molar-refractivity contribution < 1.29 is 155 Å². The van der Waals surface area contributed by atoms with Gasteiger partial charge in [0, 0.05) is 0 Å². The molecule has 0 spiro atoms. The van der Waals surface area contributed by atoms with Gasteiger partial charge in [0.25, 0.3) is 0 Å². The normalized spacial score (nSPS) is 0. The molecule has 0 N–H and O–H groups in total. The zero-order valence-corrected chi connectivity index (χ0v) is 15.0. The molecule has 0 aliphatic carbocycles. The summed E-state index contributed by atoms with van der Waals surface area (Å²) in [5, 5.41) is 0. The van der Waals surface area contributed by atoms with Crippen LogP contribution in [0.1, 0.15) is 7.13 Å². The first-order valence-electron chi connectivity index (χ1n) is 0. The predicted molar refractivity (Wildman–Crippen MR) is 5.56 cm³/mol. The van der Waals surface area contributed by atoms with Gasteiger partial charge in [-0.15, -0.1) is 0 Å². The third-order valence-electron chi connectivity index (χ3n) is 0. The van der Waals surface area contributed by atoms with Crippen molar-refractivity contribution in [3.63, 3.8) is 0 Å². The van der Waals surface area contributed by atoms with Gasteiger partial charge in [0.1, 0.15) is 0 Å². The number of hydrogen-bond acceptors (Lipinski definition) is 0. The molecule has 0 aliphatic rings. The summed E-state index contributed by atoms with van der Waals surface area (Å²) in [4.78, 5) is 0. The van der Waals surface area contributed by atoms with E-state index in [1.807, 2.05) is 0 Å². The molecule has 0 aromatic heterocycles. The van der Waals surface area contributed by atoms with Crippen molar-refractivity contribution in [3.05, 3.63) is 0 Å². The van der Waals surface area contributed by atoms with Crippen LogP contribution in [0, 0.1) is 0 Å². The Morgan fingerprint density at radius 3 is 0.400 bits per heavy atom. The Morgan fingerprint density at radius 2 is 0.400 bits per heavy atom. The second-order valence-electron chi connectivity index (χ2n) is 0. The van der Waals surface area contributed by atoms with E-state index >= 15 is 0 Å². The SMILES string of the molecule is [H-].[H-].[H-].[H-].[H-].[Na+].[Na+].[Na+].[Na+].[Na+]. The van der Waals surface area contributed by atoms with Gasteiger partial charge in [0.05, 0.1) is 0 Å². The molecule has 0 radical (unpaired) electrons. The fourth-order valence-corrected chi connectivity index (χ4v) is 0. The van der Waals surface area contributed by atoms with Crippen LogP contribution < -0.4 is 148 Å². The van der Waals surface area contributed by atoms with Gasteiger partial charge in [0.2, 0.25) is 0 Å². The van der Waals surface area contributed by atoms with E-state index in [9.17, 15) is 0 Å². The van der Waals surface area contributed by atoms with Crippen LogP contribution in [0.4, 0.5) is 0 Å². The maximum absolute atomic E-state index is 0. The molecule has 0 saturated heterocycles. The van der Waals surface area contributed by atoms with Crippen molar-refractivity contribution in [2.45, 2.75) is 0 Å². The van der Waals surface area contributed by atoms with Gasteiger partial charge >= 0.3 is 148 Å². The van der Waals surface area contributed by atoms with Gasteiger partial charge in [0.15, 0.2) is 0 Å². The fraction of sp³-hybridized carbons (Fsp3) is 0. The Bertz CT molecular complexity index is 10.0. The zero-order valence-electron chi connectivity index (χ0n) is 10.0. The molecule has 0 rings (SSSR count). The minimum absolute atomic E-state index is 0. The van der Waals surface area contributed by atoms with Crippen LogP contribution in [0.2, 0.25) is 0 Å². The molecule has 0 aliphatic heterocycles. The van der Waals surface area contributed by atoms with Crippen molar-refractivity contribution in [1.29, 1.82) is 0 Å². The summed E-state index contributed by atoms with van der Waals surface area (Å²) < 4.78 is 0. The van der Waals surface area contributed by atoms with E-state index in [0.717, 1.165) is 0 Å². The molecule has 0 atom stereocenters. The molecule has 0 aromatic carbocycles. The van der Waals surface area contributed by atoms with E-state index in [1.165, 1.54) is 0 Å². The second-order valence-corrected chi connectivity index (χ2v) is 0. The average molecular weight is 120 g/mol. The molecule has 0 heterocycles. The molecule has 10 valence electrons. The van der Waals surface area contributed by atoms with Crippen molar-refractivity contribution in [2.24, 2.45) is 0 Å². The van der Waals surface area contributed by atoms with Crippen molar-refractivity contribution >= 4 is 0 Å². The molecule has 5 heavy (non-hydrogen) atoms. The van der Waals surface area contributed by atoms with E-state index < -0.39 is 0 Å². The molecule has 0 amide bonds. The molecular formula is H5Na5. The van der Waals surface area contributed by atoms with Crippen LogP contribution >= 0.6 is 0 Å². The quantitative estimate of drug-likeness (QED) is 0.278. The summed E-state index contributed by atoms with van der Waals surface area (Å²) in [5.74, 6) is 0. The van der Waals surface area contributed by atoms with Crippen LogP contribution in [0.5, 0.6) is 0 Å². The third kappa shape index (κ3) is 17.6. The van der Waals surface area contributed by atoms with Crippen LogP contribution in [0.3, 0.4) is 0 Å². The fourth-order valence-electron chi connectivity index (χ4n) is 0. The van der Waals surface area contributed by atoms with Gasteiger partial charge in [-0.1, -0.05) is 0 Å². The van der Waals surface area contributed by atoms with Crippen LogP contribution in [-0.4, -0.2) is 0 Å². The average Bonchev–Trinajstić information content (AvgIpc) is 0. The first kappa shape index (κ1) is 32.4. The zero-order chi connectivity index (χ0) is 0. The third-order valence-corrected chi connectivity index (χ3v) is 0. The minimum atomic E-state index is 0. The first-order chi connectivity index (χ1) is 0. The molecule has 0 nitrogen and oxygen atoms in total. The van der Waals surface area contributed by atoms with Crippen LogP contribution in [0.25, 0.3) is 0 Å². The standard InChI is InChI=1S/5Na.5H/q5*+1;5*-1. The smallest absolute Gasteiger partial charge is 1.00 e.